The molecule has 0 aliphatic heterocycles. The van der Waals surface area contributed by atoms with E-state index >= 15 is 0 Å². The van der Waals surface area contributed by atoms with E-state index in [4.69, 9.17) is 0 Å². The van der Waals surface area contributed by atoms with Gasteiger partial charge in [-0.3, -0.25) is 0 Å². The molecule has 0 unspecified atom stereocenters. The van der Waals surface area contributed by atoms with Crippen molar-refractivity contribution in [2.24, 2.45) is 0 Å². The second-order valence-corrected chi connectivity index (χ2v) is 6.38. The van der Waals surface area contributed by atoms with E-state index in [9.17, 15) is 13.7 Å². The van der Waals surface area contributed by atoms with Crippen molar-refractivity contribution in [3.8, 4) is 6.07 Å². The summed E-state index contributed by atoms with van der Waals surface area (Å²) in [7, 11) is -0.599. The normalized spacial score (nSPS) is 21.4. The van der Waals surface area contributed by atoms with Crippen molar-refractivity contribution in [3.63, 3.8) is 0 Å². The van der Waals surface area contributed by atoms with E-state index < -0.39 is 15.7 Å². The fourth-order valence-electron chi connectivity index (χ4n) is 1.91. The van der Waals surface area contributed by atoms with Gasteiger partial charge in [-0.1, -0.05) is 25.7 Å². The fourth-order valence-corrected chi connectivity index (χ4v) is 2.83. The Bertz CT molecular complexity index is 362. The van der Waals surface area contributed by atoms with E-state index in [1.54, 1.807) is 0 Å². The third-order valence-electron chi connectivity index (χ3n) is 2.98. The van der Waals surface area contributed by atoms with Gasteiger partial charge in [0.15, 0.2) is 0 Å². The Morgan fingerprint density at radius 2 is 1.69 bits per heavy atom. The summed E-state index contributed by atoms with van der Waals surface area (Å²) in [6, 6.07) is 2.15. The lowest BCUT2D eigenvalue weighted by molar-refractivity contribution is 0.403. The van der Waals surface area contributed by atoms with Gasteiger partial charge in [0.2, 0.25) is 0 Å². The van der Waals surface area contributed by atoms with Crippen LogP contribution in [-0.2, 0) is 10.2 Å². The van der Waals surface area contributed by atoms with Crippen LogP contribution in [0, 0.1) is 11.3 Å². The Morgan fingerprint density at radius 3 is 2.06 bits per heavy atom. The predicted octanol–water partition coefficient (Wildman–Crippen LogP) is 0.999. The molecule has 0 spiro atoms. The topological polar surface area (TPSA) is 73.2 Å². The summed E-state index contributed by atoms with van der Waals surface area (Å²) >= 11 is 0. The van der Waals surface area contributed by atoms with Crippen molar-refractivity contribution in [2.75, 3.05) is 14.1 Å². The molecule has 0 heterocycles. The summed E-state index contributed by atoms with van der Waals surface area (Å²) in [6.45, 7) is 0. The first-order valence-electron chi connectivity index (χ1n) is 5.55. The number of hydrogen-bond donors (Lipinski definition) is 1. The van der Waals surface area contributed by atoms with Gasteiger partial charge >= 0.3 is 0 Å². The van der Waals surface area contributed by atoms with Gasteiger partial charge in [0.1, 0.15) is 5.54 Å². The minimum absolute atomic E-state index is 0.608. The van der Waals surface area contributed by atoms with Crippen LogP contribution in [0.25, 0.3) is 0 Å². The molecular formula is C10H19N3O2S. The van der Waals surface area contributed by atoms with Gasteiger partial charge in [0.05, 0.1) is 6.07 Å². The Morgan fingerprint density at radius 1 is 1.19 bits per heavy atom. The maximum Gasteiger partial charge on any atom is 0.280 e. The Balaban J connectivity index is 2.85. The summed E-state index contributed by atoms with van der Waals surface area (Å²) in [5.41, 5.74) is -0.903. The molecule has 1 fully saturated rings. The van der Waals surface area contributed by atoms with E-state index in [2.05, 4.69) is 10.8 Å². The zero-order chi connectivity index (χ0) is 12.2. The first-order chi connectivity index (χ1) is 7.42. The molecule has 0 aromatic heterocycles. The van der Waals surface area contributed by atoms with Crippen molar-refractivity contribution < 1.29 is 8.42 Å². The number of nitrogens with zero attached hydrogens (tertiary/aromatic N) is 2. The predicted molar refractivity (Wildman–Crippen MR) is 61.8 cm³/mol. The maximum atomic E-state index is 11.7. The highest BCUT2D eigenvalue weighted by Crippen LogP contribution is 2.27. The molecule has 16 heavy (non-hydrogen) atoms. The van der Waals surface area contributed by atoms with Crippen molar-refractivity contribution in [1.29, 1.82) is 5.26 Å². The summed E-state index contributed by atoms with van der Waals surface area (Å²) in [6.07, 6.45) is 5.18. The van der Waals surface area contributed by atoms with Crippen LogP contribution in [0.1, 0.15) is 38.5 Å². The standard InChI is InChI=1S/C10H19N3O2S/c1-13(2)16(14,15)12-10(9-11)7-5-3-4-6-8-10/h12H,3-8H2,1-2H3. The van der Waals surface area contributed by atoms with Crippen LogP contribution in [0.2, 0.25) is 0 Å². The Kier molecular flexibility index (Phi) is 4.30. The van der Waals surface area contributed by atoms with Crippen LogP contribution < -0.4 is 4.72 Å². The number of nitriles is 1. The first-order valence-corrected chi connectivity index (χ1v) is 6.99. The fraction of sp³-hybridized carbons (Fsp3) is 0.900. The summed E-state index contributed by atoms with van der Waals surface area (Å²) in [4.78, 5) is 0. The monoisotopic (exact) mass is 245 g/mol. The summed E-state index contributed by atoms with van der Waals surface area (Å²) < 4.78 is 27.1. The van der Waals surface area contributed by atoms with Gasteiger partial charge < -0.3 is 0 Å². The minimum atomic E-state index is -3.52. The molecule has 0 saturated heterocycles. The van der Waals surface area contributed by atoms with Gasteiger partial charge in [0, 0.05) is 14.1 Å². The lowest BCUT2D eigenvalue weighted by Gasteiger charge is -2.27. The van der Waals surface area contributed by atoms with Gasteiger partial charge in [-0.25, -0.2) is 0 Å². The molecule has 0 aromatic rings. The molecule has 92 valence electrons. The third kappa shape index (κ3) is 3.17. The quantitative estimate of drug-likeness (QED) is 0.754. The van der Waals surface area contributed by atoms with Gasteiger partial charge in [-0.2, -0.15) is 22.7 Å². The van der Waals surface area contributed by atoms with Gasteiger partial charge in [0.25, 0.3) is 10.2 Å². The van der Waals surface area contributed by atoms with E-state index in [1.165, 1.54) is 14.1 Å². The molecule has 0 amide bonds. The Labute approximate surface area is 97.6 Å². The van der Waals surface area contributed by atoms with Crippen molar-refractivity contribution in [3.05, 3.63) is 0 Å². The largest absolute Gasteiger partial charge is 0.280 e. The van der Waals surface area contributed by atoms with Crippen LogP contribution in [0.4, 0.5) is 0 Å². The van der Waals surface area contributed by atoms with Crippen molar-refractivity contribution in [2.45, 2.75) is 44.1 Å². The second-order valence-electron chi connectivity index (χ2n) is 4.50. The van der Waals surface area contributed by atoms with E-state index in [-0.39, 0.29) is 0 Å². The maximum absolute atomic E-state index is 11.7. The molecular weight excluding hydrogens is 226 g/mol. The molecule has 1 aliphatic carbocycles. The van der Waals surface area contributed by atoms with Gasteiger partial charge in [-0.15, -0.1) is 0 Å². The van der Waals surface area contributed by atoms with Crippen LogP contribution in [0.3, 0.4) is 0 Å². The lowest BCUT2D eigenvalue weighted by Crippen LogP contribution is -2.50. The average molecular weight is 245 g/mol. The highest BCUT2D eigenvalue weighted by Gasteiger charge is 2.35. The second kappa shape index (κ2) is 5.13. The van der Waals surface area contributed by atoms with E-state index in [0.29, 0.717) is 12.8 Å². The molecule has 6 heteroatoms. The molecule has 1 rings (SSSR count). The minimum Gasteiger partial charge on any atom is -0.196 e. The number of nitrogens with one attached hydrogen (secondary N) is 1. The van der Waals surface area contributed by atoms with Crippen LogP contribution in [-0.4, -0.2) is 32.4 Å². The molecule has 5 nitrogen and oxygen atoms in total. The van der Waals surface area contributed by atoms with Crippen molar-refractivity contribution in [1.82, 2.24) is 9.03 Å². The average Bonchev–Trinajstić information content (AvgIpc) is 2.43. The highest BCUT2D eigenvalue weighted by atomic mass is 32.2. The lowest BCUT2D eigenvalue weighted by atomic mass is 9.94. The SMILES string of the molecule is CN(C)S(=O)(=O)NC1(C#N)CCCCCC1. The number of hydrogen-bond acceptors (Lipinski definition) is 3. The smallest absolute Gasteiger partial charge is 0.196 e. The molecule has 1 N–H and O–H groups in total. The number of rotatable bonds is 3. The van der Waals surface area contributed by atoms with Crippen LogP contribution in [0.5, 0.6) is 0 Å². The molecule has 1 saturated carbocycles. The highest BCUT2D eigenvalue weighted by molar-refractivity contribution is 7.87. The zero-order valence-electron chi connectivity index (χ0n) is 9.86. The third-order valence-corrected chi connectivity index (χ3v) is 4.59. The molecule has 0 aromatic carbocycles. The van der Waals surface area contributed by atoms with Gasteiger partial charge in [-0.05, 0) is 12.8 Å². The summed E-state index contributed by atoms with van der Waals surface area (Å²) in [5, 5.41) is 9.22. The molecule has 0 atom stereocenters. The molecule has 1 aliphatic rings. The van der Waals surface area contributed by atoms with Crippen LogP contribution in [0.15, 0.2) is 0 Å². The molecule has 0 radical (unpaired) electrons. The van der Waals surface area contributed by atoms with E-state index in [0.717, 1.165) is 30.0 Å². The first kappa shape index (κ1) is 13.4. The summed E-state index contributed by atoms with van der Waals surface area (Å²) in [5.74, 6) is 0. The molecule has 0 bridgehead atoms. The van der Waals surface area contributed by atoms with E-state index in [1.807, 2.05) is 0 Å². The van der Waals surface area contributed by atoms with Crippen LogP contribution >= 0.6 is 0 Å². The van der Waals surface area contributed by atoms with Crippen molar-refractivity contribution >= 4 is 10.2 Å². The Hall–Kier alpha value is -0.640. The zero-order valence-corrected chi connectivity index (χ0v) is 10.7.